The van der Waals surface area contributed by atoms with Gasteiger partial charge in [0.15, 0.2) is 5.96 Å². The van der Waals surface area contributed by atoms with Gasteiger partial charge < -0.3 is 20.3 Å². The van der Waals surface area contributed by atoms with E-state index in [1.54, 1.807) is 0 Å². The molecule has 2 aliphatic rings. The normalized spacial score (nSPS) is 21.3. The highest BCUT2D eigenvalue weighted by atomic mass is 16.5. The van der Waals surface area contributed by atoms with Gasteiger partial charge in [-0.25, -0.2) is 0 Å². The van der Waals surface area contributed by atoms with Crippen molar-refractivity contribution in [2.24, 2.45) is 4.99 Å². The smallest absolute Gasteiger partial charge is 0.251 e. The monoisotopic (exact) mass is 373 g/mol. The largest absolute Gasteiger partial charge is 0.379 e. The van der Waals surface area contributed by atoms with E-state index in [9.17, 15) is 4.79 Å². The molecule has 2 aliphatic heterocycles. The highest BCUT2D eigenvalue weighted by Gasteiger charge is 2.30. The third kappa shape index (κ3) is 5.20. The van der Waals surface area contributed by atoms with Gasteiger partial charge in [0.05, 0.1) is 13.2 Å². The number of nitrogens with one attached hydrogen (secondary N) is 2. The first-order chi connectivity index (χ1) is 13.2. The summed E-state index contributed by atoms with van der Waals surface area (Å²) in [4.78, 5) is 21.3. The third-order valence-electron chi connectivity index (χ3n) is 5.21. The first kappa shape index (κ1) is 19.6. The van der Waals surface area contributed by atoms with E-state index in [2.05, 4.69) is 25.4 Å². The molecular weight excluding hydrogens is 342 g/mol. The molecule has 2 N–H and O–H groups in total. The summed E-state index contributed by atoms with van der Waals surface area (Å²) >= 11 is 0. The summed E-state index contributed by atoms with van der Waals surface area (Å²) in [6.45, 7) is 8.95. The van der Waals surface area contributed by atoms with Crippen LogP contribution in [0.1, 0.15) is 29.3 Å². The number of ether oxygens (including phenoxy) is 1. The SMILES string of the molecule is CCNC(=O)c1cccc(CNC(=NC)N2CCC(N3CCOCC3)C2)c1. The Bertz CT molecular complexity index is 658. The third-order valence-corrected chi connectivity index (χ3v) is 5.21. The summed E-state index contributed by atoms with van der Waals surface area (Å²) in [6, 6.07) is 8.31. The molecule has 0 aromatic heterocycles. The van der Waals surface area contributed by atoms with Gasteiger partial charge in [0, 0.05) is 57.9 Å². The molecule has 1 unspecified atom stereocenters. The molecule has 3 rings (SSSR count). The number of carbonyl (C=O) groups excluding carboxylic acids is 1. The molecule has 148 valence electrons. The van der Waals surface area contributed by atoms with E-state index in [1.165, 1.54) is 0 Å². The average Bonchev–Trinajstić information content (AvgIpc) is 3.20. The van der Waals surface area contributed by atoms with Crippen molar-refractivity contribution in [2.75, 3.05) is 53.0 Å². The van der Waals surface area contributed by atoms with Gasteiger partial charge in [-0.15, -0.1) is 0 Å². The second-order valence-corrected chi connectivity index (χ2v) is 7.00. The summed E-state index contributed by atoms with van der Waals surface area (Å²) in [6.07, 6.45) is 1.16. The fourth-order valence-electron chi connectivity index (χ4n) is 3.77. The molecule has 7 heteroatoms. The summed E-state index contributed by atoms with van der Waals surface area (Å²) in [5.41, 5.74) is 1.77. The minimum Gasteiger partial charge on any atom is -0.379 e. The zero-order valence-electron chi connectivity index (χ0n) is 16.4. The highest BCUT2D eigenvalue weighted by molar-refractivity contribution is 5.94. The van der Waals surface area contributed by atoms with Crippen molar-refractivity contribution in [2.45, 2.75) is 25.9 Å². The predicted octanol–water partition coefficient (Wildman–Crippen LogP) is 0.918. The Balaban J connectivity index is 1.54. The molecule has 1 amide bonds. The van der Waals surface area contributed by atoms with Crippen LogP contribution in [0.15, 0.2) is 29.3 Å². The van der Waals surface area contributed by atoms with Gasteiger partial charge >= 0.3 is 0 Å². The van der Waals surface area contributed by atoms with E-state index in [-0.39, 0.29) is 5.91 Å². The van der Waals surface area contributed by atoms with Crippen LogP contribution in [0.5, 0.6) is 0 Å². The molecule has 1 aromatic rings. The number of benzene rings is 1. The first-order valence-corrected chi connectivity index (χ1v) is 9.85. The molecule has 1 atom stereocenters. The summed E-state index contributed by atoms with van der Waals surface area (Å²) in [5.74, 6) is 0.894. The van der Waals surface area contributed by atoms with Crippen LogP contribution in [0.4, 0.5) is 0 Å². The topological polar surface area (TPSA) is 69.2 Å². The Kier molecular flexibility index (Phi) is 7.06. The Morgan fingerprint density at radius 1 is 1.26 bits per heavy atom. The van der Waals surface area contributed by atoms with Gasteiger partial charge in [-0.05, 0) is 31.0 Å². The number of nitrogens with zero attached hydrogens (tertiary/aromatic N) is 3. The Morgan fingerprint density at radius 2 is 2.07 bits per heavy atom. The maximum atomic E-state index is 12.0. The predicted molar refractivity (Wildman–Crippen MR) is 107 cm³/mol. The van der Waals surface area contributed by atoms with Crippen molar-refractivity contribution >= 4 is 11.9 Å². The average molecular weight is 374 g/mol. The quantitative estimate of drug-likeness (QED) is 0.593. The van der Waals surface area contributed by atoms with Crippen LogP contribution in [0.3, 0.4) is 0 Å². The van der Waals surface area contributed by atoms with Gasteiger partial charge in [0.25, 0.3) is 5.91 Å². The second kappa shape index (κ2) is 9.71. The Morgan fingerprint density at radius 3 is 2.81 bits per heavy atom. The van der Waals surface area contributed by atoms with Crippen molar-refractivity contribution in [3.8, 4) is 0 Å². The number of hydrogen-bond donors (Lipinski definition) is 2. The first-order valence-electron chi connectivity index (χ1n) is 9.85. The Labute approximate surface area is 161 Å². The molecule has 0 bridgehead atoms. The second-order valence-electron chi connectivity index (χ2n) is 7.00. The molecule has 0 radical (unpaired) electrons. The molecule has 2 fully saturated rings. The molecule has 1 aromatic carbocycles. The van der Waals surface area contributed by atoms with Gasteiger partial charge in [0.1, 0.15) is 0 Å². The van der Waals surface area contributed by atoms with E-state index < -0.39 is 0 Å². The van der Waals surface area contributed by atoms with Crippen LogP contribution >= 0.6 is 0 Å². The molecule has 0 spiro atoms. The van der Waals surface area contributed by atoms with Crippen LogP contribution in [0.2, 0.25) is 0 Å². The fraction of sp³-hybridized carbons (Fsp3) is 0.600. The van der Waals surface area contributed by atoms with E-state index in [0.29, 0.717) is 24.7 Å². The fourth-order valence-corrected chi connectivity index (χ4v) is 3.77. The van der Waals surface area contributed by atoms with E-state index in [0.717, 1.165) is 57.3 Å². The van der Waals surface area contributed by atoms with Crippen LogP contribution in [0.25, 0.3) is 0 Å². The minimum absolute atomic E-state index is 0.0309. The zero-order valence-corrected chi connectivity index (χ0v) is 16.4. The van der Waals surface area contributed by atoms with Gasteiger partial charge in [-0.2, -0.15) is 0 Å². The lowest BCUT2D eigenvalue weighted by molar-refractivity contribution is 0.0195. The van der Waals surface area contributed by atoms with Crippen LogP contribution in [-0.2, 0) is 11.3 Å². The number of guanidine groups is 1. The molecular formula is C20H31N5O2. The number of amides is 1. The van der Waals surface area contributed by atoms with Crippen LogP contribution in [-0.4, -0.2) is 80.7 Å². The molecule has 2 heterocycles. The summed E-state index contributed by atoms with van der Waals surface area (Å²) in [5, 5.41) is 6.29. The lowest BCUT2D eigenvalue weighted by Crippen LogP contribution is -2.46. The summed E-state index contributed by atoms with van der Waals surface area (Å²) in [7, 11) is 1.83. The number of aliphatic imine (C=N–C) groups is 1. The number of hydrogen-bond acceptors (Lipinski definition) is 4. The van der Waals surface area contributed by atoms with Gasteiger partial charge in [0.2, 0.25) is 0 Å². The van der Waals surface area contributed by atoms with Gasteiger partial charge in [-0.1, -0.05) is 12.1 Å². The van der Waals surface area contributed by atoms with Crippen molar-refractivity contribution in [3.63, 3.8) is 0 Å². The highest BCUT2D eigenvalue weighted by Crippen LogP contribution is 2.17. The number of likely N-dealkylation sites (tertiary alicyclic amines) is 1. The number of carbonyl (C=O) groups is 1. The number of morpholine rings is 1. The zero-order chi connectivity index (χ0) is 19.1. The van der Waals surface area contributed by atoms with E-state index >= 15 is 0 Å². The van der Waals surface area contributed by atoms with E-state index in [4.69, 9.17) is 4.74 Å². The Hall–Kier alpha value is -2.12. The van der Waals surface area contributed by atoms with Crippen LogP contribution < -0.4 is 10.6 Å². The molecule has 0 saturated carbocycles. The number of rotatable bonds is 5. The van der Waals surface area contributed by atoms with Gasteiger partial charge in [-0.3, -0.25) is 14.7 Å². The lowest BCUT2D eigenvalue weighted by Gasteiger charge is -2.32. The van der Waals surface area contributed by atoms with E-state index in [1.807, 2.05) is 38.2 Å². The minimum atomic E-state index is -0.0309. The van der Waals surface area contributed by atoms with Crippen molar-refractivity contribution in [1.29, 1.82) is 0 Å². The maximum Gasteiger partial charge on any atom is 0.251 e. The van der Waals surface area contributed by atoms with Crippen LogP contribution in [0, 0.1) is 0 Å². The molecule has 7 nitrogen and oxygen atoms in total. The van der Waals surface area contributed by atoms with Crippen molar-refractivity contribution in [3.05, 3.63) is 35.4 Å². The van der Waals surface area contributed by atoms with Crippen molar-refractivity contribution < 1.29 is 9.53 Å². The lowest BCUT2D eigenvalue weighted by atomic mass is 10.1. The molecule has 27 heavy (non-hydrogen) atoms. The van der Waals surface area contributed by atoms with Crippen molar-refractivity contribution in [1.82, 2.24) is 20.4 Å². The summed E-state index contributed by atoms with van der Waals surface area (Å²) < 4.78 is 5.46. The standard InChI is InChI=1S/C20H31N5O2/c1-3-22-19(26)17-6-4-5-16(13-17)14-23-20(21-2)25-8-7-18(15-25)24-9-11-27-12-10-24/h4-6,13,18H,3,7-12,14-15H2,1-2H3,(H,21,23)(H,22,26). The molecule has 0 aliphatic carbocycles. The molecule has 2 saturated heterocycles. The maximum absolute atomic E-state index is 12.0.